The molecule has 9 nitrogen and oxygen atoms in total. The third-order valence-electron chi connectivity index (χ3n) is 12.0. The van der Waals surface area contributed by atoms with Gasteiger partial charge in [-0.2, -0.15) is 0 Å². The molecule has 0 bridgehead atoms. The lowest BCUT2D eigenvalue weighted by Crippen LogP contribution is -2.29. The Hall–Kier alpha value is -3.85. The maximum atomic E-state index is 12.7. The summed E-state index contributed by atoms with van der Waals surface area (Å²) in [5, 5.41) is 0. The molecule has 2 unspecified atom stereocenters. The van der Waals surface area contributed by atoms with Gasteiger partial charge in [-0.15, -0.1) is 0 Å². The topological polar surface area (TPSA) is 134 Å². The van der Waals surface area contributed by atoms with Crippen molar-refractivity contribution in [3.8, 4) is 0 Å². The fraction of sp³-hybridized carbons (Fsp3) is 0.631. The van der Waals surface area contributed by atoms with E-state index in [0.29, 0.717) is 12.8 Å². The largest absolute Gasteiger partial charge is 0.472 e. The Balaban J connectivity index is 4.08. The lowest BCUT2D eigenvalue weighted by Gasteiger charge is -2.19. The monoisotopic (exact) mass is 1060 g/mol. The third kappa shape index (κ3) is 59.3. The van der Waals surface area contributed by atoms with Gasteiger partial charge in [0.15, 0.2) is 6.10 Å². The summed E-state index contributed by atoms with van der Waals surface area (Å²) in [5.41, 5.74) is 5.38. The molecule has 0 aromatic rings. The molecule has 0 saturated carbocycles. The molecule has 2 atom stereocenters. The van der Waals surface area contributed by atoms with Crippen molar-refractivity contribution in [3.05, 3.63) is 134 Å². The fourth-order valence-electron chi connectivity index (χ4n) is 7.66. The Labute approximate surface area is 459 Å². The summed E-state index contributed by atoms with van der Waals surface area (Å²) in [6.45, 7) is 3.58. The first kappa shape index (κ1) is 71.2. The SMILES string of the molecule is CC/C=C\C/C=C\C/C=C\C/C=C\C/C=C\C/C=C\C/C=C\C/C=C\CCCCCCCCC(=O)OC(COC(=O)CCCCCCCCCC/C=C\C/C=C\C/C=C\CCCCCCC)COP(=O)(O)OCCN. The molecule has 0 aliphatic rings. The van der Waals surface area contributed by atoms with Gasteiger partial charge in [-0.05, 0) is 116 Å². The molecule has 0 saturated heterocycles. The summed E-state index contributed by atoms with van der Waals surface area (Å²) in [7, 11) is -4.41. The van der Waals surface area contributed by atoms with E-state index in [0.717, 1.165) is 128 Å². The first-order valence-electron chi connectivity index (χ1n) is 29.7. The van der Waals surface area contributed by atoms with E-state index in [9.17, 15) is 19.0 Å². The zero-order valence-corrected chi connectivity index (χ0v) is 48.4. The van der Waals surface area contributed by atoms with Gasteiger partial charge in [0.25, 0.3) is 0 Å². The molecule has 0 rings (SSSR count). The number of allylic oxidation sites excluding steroid dienone is 22. The molecule has 0 fully saturated rings. The van der Waals surface area contributed by atoms with Crippen LogP contribution in [0.5, 0.6) is 0 Å². The number of hydrogen-bond donors (Lipinski definition) is 2. The van der Waals surface area contributed by atoms with Crippen LogP contribution in [0.1, 0.15) is 232 Å². The first-order chi connectivity index (χ1) is 36.8. The van der Waals surface area contributed by atoms with Gasteiger partial charge in [0.1, 0.15) is 6.61 Å². The maximum Gasteiger partial charge on any atom is 0.472 e. The number of phosphoric acid groups is 1. The quantitative estimate of drug-likeness (QED) is 0.0264. The smallest absolute Gasteiger partial charge is 0.462 e. The molecule has 75 heavy (non-hydrogen) atoms. The van der Waals surface area contributed by atoms with Crippen LogP contribution >= 0.6 is 7.82 Å². The van der Waals surface area contributed by atoms with Crippen LogP contribution in [0.3, 0.4) is 0 Å². The zero-order valence-electron chi connectivity index (χ0n) is 47.5. The second kappa shape index (κ2) is 59.4. The molecule has 426 valence electrons. The summed E-state index contributed by atoms with van der Waals surface area (Å²) >= 11 is 0. The molecule has 0 aliphatic carbocycles. The van der Waals surface area contributed by atoms with E-state index in [4.69, 9.17) is 24.3 Å². The molecule has 0 aromatic carbocycles. The van der Waals surface area contributed by atoms with Crippen molar-refractivity contribution in [1.82, 2.24) is 0 Å². The molecule has 0 heterocycles. The van der Waals surface area contributed by atoms with E-state index in [1.165, 1.54) is 64.2 Å². The Bertz CT molecular complexity index is 1680. The van der Waals surface area contributed by atoms with Crippen LogP contribution in [-0.4, -0.2) is 49.3 Å². The molecule has 0 aromatic heterocycles. The van der Waals surface area contributed by atoms with Crippen molar-refractivity contribution in [1.29, 1.82) is 0 Å². The van der Waals surface area contributed by atoms with Gasteiger partial charge in [0.2, 0.25) is 0 Å². The Morgan fingerprint density at radius 2 is 0.733 bits per heavy atom. The highest BCUT2D eigenvalue weighted by Gasteiger charge is 2.26. The maximum absolute atomic E-state index is 12.7. The number of esters is 2. The van der Waals surface area contributed by atoms with Crippen LogP contribution in [-0.2, 0) is 32.7 Å². The number of unbranched alkanes of at least 4 members (excludes halogenated alkanes) is 19. The lowest BCUT2D eigenvalue weighted by molar-refractivity contribution is -0.161. The first-order valence-corrected chi connectivity index (χ1v) is 31.2. The predicted octanol–water partition coefficient (Wildman–Crippen LogP) is 19.0. The van der Waals surface area contributed by atoms with E-state index < -0.39 is 32.5 Å². The van der Waals surface area contributed by atoms with Crippen molar-refractivity contribution in [2.24, 2.45) is 5.73 Å². The third-order valence-corrected chi connectivity index (χ3v) is 13.0. The number of carbonyl (C=O) groups excluding carboxylic acids is 2. The van der Waals surface area contributed by atoms with E-state index in [2.05, 4.69) is 148 Å². The van der Waals surface area contributed by atoms with Crippen LogP contribution < -0.4 is 5.73 Å². The average Bonchev–Trinajstić information content (AvgIpc) is 3.40. The van der Waals surface area contributed by atoms with Gasteiger partial charge in [-0.3, -0.25) is 18.6 Å². The zero-order chi connectivity index (χ0) is 54.5. The van der Waals surface area contributed by atoms with Gasteiger partial charge >= 0.3 is 19.8 Å². The van der Waals surface area contributed by atoms with E-state index in [-0.39, 0.29) is 32.6 Å². The second-order valence-electron chi connectivity index (χ2n) is 19.1. The van der Waals surface area contributed by atoms with Crippen LogP contribution in [0.15, 0.2) is 134 Å². The van der Waals surface area contributed by atoms with Crippen LogP contribution in [0, 0.1) is 0 Å². The minimum absolute atomic E-state index is 0.0422. The Kier molecular flexibility index (Phi) is 56.3. The number of nitrogens with two attached hydrogens (primary N) is 1. The lowest BCUT2D eigenvalue weighted by atomic mass is 10.1. The van der Waals surface area contributed by atoms with Crippen LogP contribution in [0.25, 0.3) is 0 Å². The van der Waals surface area contributed by atoms with Crippen molar-refractivity contribution in [2.75, 3.05) is 26.4 Å². The molecule has 0 amide bonds. The molecular weight excluding hydrogens is 954 g/mol. The second-order valence-corrected chi connectivity index (χ2v) is 20.6. The van der Waals surface area contributed by atoms with Gasteiger partial charge < -0.3 is 20.1 Å². The number of rotatable bonds is 54. The highest BCUT2D eigenvalue weighted by atomic mass is 31.2. The minimum atomic E-state index is -4.41. The van der Waals surface area contributed by atoms with Gasteiger partial charge in [-0.25, -0.2) is 4.57 Å². The minimum Gasteiger partial charge on any atom is -0.462 e. The fourth-order valence-corrected chi connectivity index (χ4v) is 8.42. The van der Waals surface area contributed by atoms with Crippen LogP contribution in [0.4, 0.5) is 0 Å². The molecule has 0 aliphatic heterocycles. The molecule has 0 radical (unpaired) electrons. The van der Waals surface area contributed by atoms with Crippen molar-refractivity contribution < 1.29 is 37.6 Å². The highest BCUT2D eigenvalue weighted by Crippen LogP contribution is 2.43. The normalized spacial score (nSPS) is 14.0. The molecule has 10 heteroatoms. The molecule has 0 spiro atoms. The summed E-state index contributed by atoms with van der Waals surface area (Å²) in [6, 6.07) is 0. The number of hydrogen-bond acceptors (Lipinski definition) is 8. The Morgan fingerprint density at radius 1 is 0.413 bits per heavy atom. The van der Waals surface area contributed by atoms with Crippen molar-refractivity contribution in [3.63, 3.8) is 0 Å². The summed E-state index contributed by atoms with van der Waals surface area (Å²) in [5.74, 6) is -0.861. The van der Waals surface area contributed by atoms with E-state index in [1.54, 1.807) is 0 Å². The highest BCUT2D eigenvalue weighted by molar-refractivity contribution is 7.47. The summed E-state index contributed by atoms with van der Waals surface area (Å²) < 4.78 is 33.0. The standard InChI is InChI=1S/C65H108NO8P/c1-3-5-7-9-11-13-15-17-19-21-23-25-27-28-29-30-31-32-33-34-36-38-40-42-44-46-48-50-52-54-56-58-65(68)74-63(62-73-75(69,70)72-60-59-66)61-71-64(67)57-55-53-51-49-47-45-43-41-39-37-35-26-24-22-20-18-16-14-12-10-8-6-4-2/h5,7,11,13,16-19,22-25,28-29,31-32,34-37,40,42,63H,3-4,6,8-10,12,14-15,20-21,26-27,30,33,38-39,41,43-62,66H2,1-2H3,(H,69,70)/b7-5-,13-11-,18-16-,19-17-,24-22-,25-23-,29-28-,32-31-,36-34-,37-35-,42-40-. The molecule has 3 N–H and O–H groups in total. The van der Waals surface area contributed by atoms with Crippen molar-refractivity contribution in [2.45, 2.75) is 238 Å². The van der Waals surface area contributed by atoms with E-state index >= 15 is 0 Å². The van der Waals surface area contributed by atoms with E-state index in [1.807, 2.05) is 0 Å². The Morgan fingerprint density at radius 3 is 1.09 bits per heavy atom. The summed E-state index contributed by atoms with van der Waals surface area (Å²) in [4.78, 5) is 35.2. The van der Waals surface area contributed by atoms with Crippen molar-refractivity contribution >= 4 is 19.8 Å². The number of ether oxygens (including phenoxy) is 2. The predicted molar refractivity (Wildman–Crippen MR) is 320 cm³/mol. The van der Waals surface area contributed by atoms with Crippen LogP contribution in [0.2, 0.25) is 0 Å². The van der Waals surface area contributed by atoms with Gasteiger partial charge in [0.05, 0.1) is 13.2 Å². The average molecular weight is 1060 g/mol. The summed E-state index contributed by atoms with van der Waals surface area (Å²) in [6.07, 6.45) is 83.5. The number of carbonyl (C=O) groups is 2. The molecular formula is C65H108NO8P. The van der Waals surface area contributed by atoms with Gasteiger partial charge in [-0.1, -0.05) is 237 Å². The van der Waals surface area contributed by atoms with Gasteiger partial charge in [0, 0.05) is 19.4 Å². The number of phosphoric ester groups is 1.